The van der Waals surface area contributed by atoms with Crippen LogP contribution in [0.5, 0.6) is 0 Å². The summed E-state index contributed by atoms with van der Waals surface area (Å²) in [6.07, 6.45) is 2.30. The molecule has 0 bridgehead atoms. The highest BCUT2D eigenvalue weighted by Crippen LogP contribution is 2.35. The quantitative estimate of drug-likeness (QED) is 0.553. The van der Waals surface area contributed by atoms with E-state index >= 15 is 0 Å². The molecule has 0 radical (unpaired) electrons. The molecule has 1 aromatic heterocycles. The predicted octanol–water partition coefficient (Wildman–Crippen LogP) is 5.89. The van der Waals surface area contributed by atoms with Crippen LogP contribution in [0, 0.1) is 6.92 Å². The number of anilines is 1. The van der Waals surface area contributed by atoms with E-state index in [1.54, 1.807) is 0 Å². The van der Waals surface area contributed by atoms with E-state index in [1.807, 2.05) is 37.3 Å². The molecule has 0 spiro atoms. The van der Waals surface area contributed by atoms with Crippen LogP contribution in [0.3, 0.4) is 0 Å². The van der Waals surface area contributed by atoms with E-state index in [9.17, 15) is 0 Å². The van der Waals surface area contributed by atoms with Gasteiger partial charge in [-0.15, -0.1) is 0 Å². The lowest BCUT2D eigenvalue weighted by Gasteiger charge is -2.24. The van der Waals surface area contributed by atoms with Crippen molar-refractivity contribution >= 4 is 28.3 Å². The smallest absolute Gasteiger partial charge is 0.140 e. The Balaban J connectivity index is 2.25. The van der Waals surface area contributed by atoms with E-state index in [4.69, 9.17) is 21.6 Å². The van der Waals surface area contributed by atoms with Gasteiger partial charge in [0.05, 0.1) is 5.52 Å². The van der Waals surface area contributed by atoms with Gasteiger partial charge in [-0.3, -0.25) is 0 Å². The van der Waals surface area contributed by atoms with Gasteiger partial charge in [-0.1, -0.05) is 55.3 Å². The maximum absolute atomic E-state index is 6.46. The van der Waals surface area contributed by atoms with E-state index in [2.05, 4.69) is 30.9 Å². The fraction of sp³-hybridized carbons (Fsp3) is 0.333. The lowest BCUT2D eigenvalue weighted by atomic mass is 10.0. The number of aromatic nitrogens is 2. The van der Waals surface area contributed by atoms with Crippen LogP contribution in [-0.4, -0.2) is 23.1 Å². The molecule has 4 heteroatoms. The Morgan fingerprint density at radius 3 is 2.48 bits per heavy atom. The van der Waals surface area contributed by atoms with Crippen molar-refractivity contribution in [2.45, 2.75) is 33.6 Å². The van der Waals surface area contributed by atoms with E-state index in [0.29, 0.717) is 5.02 Å². The first-order chi connectivity index (χ1) is 12.1. The average Bonchev–Trinajstić information content (AvgIpc) is 2.63. The van der Waals surface area contributed by atoms with Gasteiger partial charge >= 0.3 is 0 Å². The summed E-state index contributed by atoms with van der Waals surface area (Å²) in [5, 5.41) is 1.74. The normalized spacial score (nSPS) is 11.0. The molecule has 0 fully saturated rings. The molecule has 3 nitrogen and oxygen atoms in total. The summed E-state index contributed by atoms with van der Waals surface area (Å²) in [6, 6.07) is 14.3. The van der Waals surface area contributed by atoms with Gasteiger partial charge in [0.2, 0.25) is 0 Å². The lowest BCUT2D eigenvalue weighted by molar-refractivity contribution is 0.724. The zero-order valence-corrected chi connectivity index (χ0v) is 15.8. The van der Waals surface area contributed by atoms with Gasteiger partial charge in [0.1, 0.15) is 11.6 Å². The molecule has 0 aliphatic heterocycles. The minimum Gasteiger partial charge on any atom is -0.356 e. The molecule has 0 aliphatic rings. The number of hydrogen-bond donors (Lipinski definition) is 0. The standard InChI is InChI=1S/C21H24ClN3/c1-4-6-12-25(5-2)21-19-14-17(22)13-18(16-10-8-7-9-11-16)20(19)23-15(3)24-21/h7-11,13-14H,4-6,12H2,1-3H3. The summed E-state index contributed by atoms with van der Waals surface area (Å²) >= 11 is 6.46. The SMILES string of the molecule is CCCCN(CC)c1nc(C)nc2c(-c3ccccc3)cc(Cl)cc12. The minimum atomic E-state index is 0.714. The van der Waals surface area contributed by atoms with Crippen LogP contribution in [0.2, 0.25) is 5.02 Å². The summed E-state index contributed by atoms with van der Waals surface area (Å²) in [7, 11) is 0. The molecular weight excluding hydrogens is 330 g/mol. The summed E-state index contributed by atoms with van der Waals surface area (Å²) in [5.41, 5.74) is 3.14. The second-order valence-electron chi connectivity index (χ2n) is 6.24. The molecule has 0 saturated carbocycles. The number of halogens is 1. The Morgan fingerprint density at radius 1 is 1.04 bits per heavy atom. The molecule has 2 aromatic carbocycles. The number of hydrogen-bond acceptors (Lipinski definition) is 3. The molecule has 0 N–H and O–H groups in total. The summed E-state index contributed by atoms with van der Waals surface area (Å²) in [6.45, 7) is 8.24. The van der Waals surface area contributed by atoms with Crippen molar-refractivity contribution in [1.82, 2.24) is 9.97 Å². The largest absolute Gasteiger partial charge is 0.356 e. The van der Waals surface area contributed by atoms with Crippen molar-refractivity contribution in [3.05, 3.63) is 53.3 Å². The fourth-order valence-corrected chi connectivity index (χ4v) is 3.35. The number of aryl methyl sites for hydroxylation is 1. The third-order valence-electron chi connectivity index (χ3n) is 4.40. The molecule has 25 heavy (non-hydrogen) atoms. The van der Waals surface area contributed by atoms with Gasteiger partial charge in [-0.25, -0.2) is 9.97 Å². The van der Waals surface area contributed by atoms with Crippen LogP contribution in [0.1, 0.15) is 32.5 Å². The molecule has 0 saturated heterocycles. The second-order valence-corrected chi connectivity index (χ2v) is 6.68. The first-order valence-electron chi connectivity index (χ1n) is 8.92. The van der Waals surface area contributed by atoms with Crippen LogP contribution in [0.25, 0.3) is 22.0 Å². The van der Waals surface area contributed by atoms with Crippen molar-refractivity contribution in [2.75, 3.05) is 18.0 Å². The number of benzene rings is 2. The highest BCUT2D eigenvalue weighted by Gasteiger charge is 2.16. The Bertz CT molecular complexity index is 862. The summed E-state index contributed by atoms with van der Waals surface area (Å²) in [4.78, 5) is 11.8. The molecule has 130 valence electrons. The van der Waals surface area contributed by atoms with Crippen molar-refractivity contribution in [2.24, 2.45) is 0 Å². The average molecular weight is 354 g/mol. The van der Waals surface area contributed by atoms with E-state index in [0.717, 1.165) is 59.6 Å². The van der Waals surface area contributed by atoms with Crippen LogP contribution in [-0.2, 0) is 0 Å². The van der Waals surface area contributed by atoms with Crippen molar-refractivity contribution in [1.29, 1.82) is 0 Å². The monoisotopic (exact) mass is 353 g/mol. The van der Waals surface area contributed by atoms with E-state index < -0.39 is 0 Å². The number of unbranched alkanes of at least 4 members (excludes halogenated alkanes) is 1. The zero-order chi connectivity index (χ0) is 17.8. The molecular formula is C21H24ClN3. The topological polar surface area (TPSA) is 29.0 Å². The van der Waals surface area contributed by atoms with Crippen LogP contribution >= 0.6 is 11.6 Å². The maximum Gasteiger partial charge on any atom is 0.140 e. The molecule has 1 heterocycles. The minimum absolute atomic E-state index is 0.714. The third kappa shape index (κ3) is 3.77. The Morgan fingerprint density at radius 2 is 1.80 bits per heavy atom. The lowest BCUT2D eigenvalue weighted by Crippen LogP contribution is -2.25. The second kappa shape index (κ2) is 7.83. The Kier molecular flexibility index (Phi) is 5.54. The zero-order valence-electron chi connectivity index (χ0n) is 15.1. The maximum atomic E-state index is 6.46. The molecule has 0 atom stereocenters. The van der Waals surface area contributed by atoms with Gasteiger partial charge in [0, 0.05) is 29.1 Å². The van der Waals surface area contributed by atoms with Gasteiger partial charge in [-0.05, 0) is 38.0 Å². The Hall–Kier alpha value is -2.13. The van der Waals surface area contributed by atoms with E-state index in [-0.39, 0.29) is 0 Å². The van der Waals surface area contributed by atoms with Crippen molar-refractivity contribution in [3.8, 4) is 11.1 Å². The Labute approximate surface area is 154 Å². The summed E-state index contributed by atoms with van der Waals surface area (Å²) in [5.74, 6) is 1.77. The number of rotatable bonds is 6. The molecule has 0 aliphatic carbocycles. The third-order valence-corrected chi connectivity index (χ3v) is 4.62. The van der Waals surface area contributed by atoms with Gasteiger partial charge in [-0.2, -0.15) is 0 Å². The predicted molar refractivity (Wildman–Crippen MR) is 108 cm³/mol. The molecule has 0 amide bonds. The highest BCUT2D eigenvalue weighted by atomic mass is 35.5. The highest BCUT2D eigenvalue weighted by molar-refractivity contribution is 6.32. The first-order valence-corrected chi connectivity index (χ1v) is 9.30. The van der Waals surface area contributed by atoms with Gasteiger partial charge < -0.3 is 4.90 Å². The van der Waals surface area contributed by atoms with Gasteiger partial charge in [0.25, 0.3) is 0 Å². The number of fused-ring (bicyclic) bond motifs is 1. The van der Waals surface area contributed by atoms with Crippen LogP contribution in [0.4, 0.5) is 5.82 Å². The first kappa shape index (κ1) is 17.7. The fourth-order valence-electron chi connectivity index (χ4n) is 3.13. The van der Waals surface area contributed by atoms with Gasteiger partial charge in [0.15, 0.2) is 0 Å². The van der Waals surface area contributed by atoms with E-state index in [1.165, 1.54) is 0 Å². The molecule has 3 rings (SSSR count). The molecule has 3 aromatic rings. The summed E-state index contributed by atoms with van der Waals surface area (Å²) < 4.78 is 0. The van der Waals surface area contributed by atoms with Crippen molar-refractivity contribution < 1.29 is 0 Å². The van der Waals surface area contributed by atoms with Crippen molar-refractivity contribution in [3.63, 3.8) is 0 Å². The van der Waals surface area contributed by atoms with Crippen LogP contribution < -0.4 is 4.90 Å². The molecule has 0 unspecified atom stereocenters. The van der Waals surface area contributed by atoms with Crippen LogP contribution in [0.15, 0.2) is 42.5 Å². The number of nitrogens with zero attached hydrogens (tertiary/aromatic N) is 3.